The molecule has 0 spiro atoms. The van der Waals surface area contributed by atoms with E-state index in [9.17, 15) is 9.59 Å². The summed E-state index contributed by atoms with van der Waals surface area (Å²) in [7, 11) is 0. The first-order chi connectivity index (χ1) is 14.8. The van der Waals surface area contributed by atoms with Gasteiger partial charge < -0.3 is 10.2 Å². The second-order valence-electron chi connectivity index (χ2n) is 7.57. The average molecular weight is 481 g/mol. The summed E-state index contributed by atoms with van der Waals surface area (Å²) in [6.07, 6.45) is 1.31. The number of benzene rings is 2. The maximum Gasteiger partial charge on any atom is 0.243 e. The highest BCUT2D eigenvalue weighted by Crippen LogP contribution is 2.28. The Morgan fingerprint density at radius 1 is 1.03 bits per heavy atom. The van der Waals surface area contributed by atoms with Crippen LogP contribution in [-0.2, 0) is 16.1 Å². The molecular weight excluding hydrogens is 451 g/mol. The minimum Gasteiger partial charge on any atom is -0.352 e. The zero-order chi connectivity index (χ0) is 23.0. The topological polar surface area (TPSA) is 49.4 Å². The van der Waals surface area contributed by atoms with E-state index in [-0.39, 0.29) is 30.2 Å². The number of aryl methyl sites for hydroxylation is 1. The maximum atomic E-state index is 13.3. The summed E-state index contributed by atoms with van der Waals surface area (Å²) in [4.78, 5) is 28.9. The summed E-state index contributed by atoms with van der Waals surface area (Å²) < 4.78 is 0. The molecule has 0 bridgehead atoms. The molecule has 7 heteroatoms. The first kappa shape index (κ1) is 25.6. The molecular formula is C24H30Cl2N2O2S. The van der Waals surface area contributed by atoms with E-state index in [0.29, 0.717) is 22.0 Å². The molecule has 2 aromatic rings. The molecule has 168 valence electrons. The maximum absolute atomic E-state index is 13.3. The Morgan fingerprint density at radius 2 is 1.65 bits per heavy atom. The molecule has 0 fully saturated rings. The normalized spacial score (nSPS) is 12.8. The van der Waals surface area contributed by atoms with Crippen LogP contribution in [0.25, 0.3) is 0 Å². The average Bonchev–Trinajstić information content (AvgIpc) is 2.74. The molecule has 4 nitrogen and oxygen atoms in total. The molecule has 2 atom stereocenters. The van der Waals surface area contributed by atoms with Crippen LogP contribution in [0.2, 0.25) is 10.0 Å². The molecule has 31 heavy (non-hydrogen) atoms. The molecule has 2 aromatic carbocycles. The highest BCUT2D eigenvalue weighted by Gasteiger charge is 2.30. The fraction of sp³-hybridized carbons (Fsp3) is 0.417. The zero-order valence-corrected chi connectivity index (χ0v) is 20.8. The SMILES string of the molecule is CC[C@H](C)NC(=O)[C@H](CC)N(Cc1c(Cl)cccc1Cl)C(=O)CSc1ccc(C)cc1. The van der Waals surface area contributed by atoms with Gasteiger partial charge in [0.05, 0.1) is 5.75 Å². The van der Waals surface area contributed by atoms with Gasteiger partial charge in [0.15, 0.2) is 0 Å². The van der Waals surface area contributed by atoms with E-state index in [4.69, 9.17) is 23.2 Å². The number of hydrogen-bond acceptors (Lipinski definition) is 3. The molecule has 0 saturated carbocycles. The van der Waals surface area contributed by atoms with Crippen molar-refractivity contribution in [2.24, 2.45) is 0 Å². The second kappa shape index (κ2) is 12.4. The summed E-state index contributed by atoms with van der Waals surface area (Å²) in [6.45, 7) is 8.07. The van der Waals surface area contributed by atoms with E-state index in [2.05, 4.69) is 5.32 Å². The summed E-state index contributed by atoms with van der Waals surface area (Å²) in [6, 6.07) is 12.7. The third-order valence-corrected chi connectivity index (χ3v) is 6.87. The van der Waals surface area contributed by atoms with Gasteiger partial charge in [-0.1, -0.05) is 60.8 Å². The Morgan fingerprint density at radius 3 is 2.19 bits per heavy atom. The largest absolute Gasteiger partial charge is 0.352 e. The number of nitrogens with one attached hydrogen (secondary N) is 1. The number of amides is 2. The summed E-state index contributed by atoms with van der Waals surface area (Å²) in [5.41, 5.74) is 1.81. The van der Waals surface area contributed by atoms with Gasteiger partial charge in [0, 0.05) is 33.1 Å². The lowest BCUT2D eigenvalue weighted by molar-refractivity contribution is -0.139. The summed E-state index contributed by atoms with van der Waals surface area (Å²) in [5.74, 6) is -0.0699. The molecule has 0 radical (unpaired) electrons. The van der Waals surface area contributed by atoms with Crippen LogP contribution in [0.4, 0.5) is 0 Å². The number of carbonyl (C=O) groups excluding carboxylic acids is 2. The van der Waals surface area contributed by atoms with Crippen LogP contribution in [0.15, 0.2) is 47.4 Å². The third kappa shape index (κ3) is 7.44. The first-order valence-corrected chi connectivity index (χ1v) is 12.2. The van der Waals surface area contributed by atoms with Crippen LogP contribution in [0.5, 0.6) is 0 Å². The van der Waals surface area contributed by atoms with Crippen molar-refractivity contribution >= 4 is 46.8 Å². The quantitative estimate of drug-likeness (QED) is 0.416. The van der Waals surface area contributed by atoms with Crippen molar-refractivity contribution in [1.29, 1.82) is 0 Å². The van der Waals surface area contributed by atoms with E-state index in [1.807, 2.05) is 52.0 Å². The van der Waals surface area contributed by atoms with E-state index >= 15 is 0 Å². The van der Waals surface area contributed by atoms with Gasteiger partial charge in [-0.3, -0.25) is 9.59 Å². The fourth-order valence-corrected chi connectivity index (χ4v) is 4.38. The van der Waals surface area contributed by atoms with E-state index in [1.165, 1.54) is 17.3 Å². The van der Waals surface area contributed by atoms with E-state index < -0.39 is 6.04 Å². The van der Waals surface area contributed by atoms with Crippen LogP contribution in [0.3, 0.4) is 0 Å². The predicted molar refractivity (Wildman–Crippen MR) is 131 cm³/mol. The standard InChI is InChI=1S/C24H30Cl2N2O2S/c1-5-17(4)27-24(30)22(6-2)28(14-19-20(25)8-7-9-21(19)26)23(29)15-31-18-12-10-16(3)11-13-18/h7-13,17,22H,5-6,14-15H2,1-4H3,(H,27,30)/t17-,22-/m0/s1. The number of rotatable bonds is 10. The lowest BCUT2D eigenvalue weighted by Gasteiger charge is -2.32. The number of nitrogens with zero attached hydrogens (tertiary/aromatic N) is 1. The van der Waals surface area contributed by atoms with Crippen molar-refractivity contribution in [1.82, 2.24) is 10.2 Å². The van der Waals surface area contributed by atoms with Crippen molar-refractivity contribution in [3.8, 4) is 0 Å². The van der Waals surface area contributed by atoms with Gasteiger partial charge in [-0.25, -0.2) is 0 Å². The highest BCUT2D eigenvalue weighted by molar-refractivity contribution is 8.00. The van der Waals surface area contributed by atoms with Gasteiger partial charge in [-0.2, -0.15) is 0 Å². The fourth-order valence-electron chi connectivity index (χ4n) is 3.08. The lowest BCUT2D eigenvalue weighted by Crippen LogP contribution is -2.51. The molecule has 1 N–H and O–H groups in total. The molecule has 0 aliphatic heterocycles. The minimum absolute atomic E-state index is 0.0318. The van der Waals surface area contributed by atoms with Crippen LogP contribution in [0.1, 0.15) is 44.7 Å². The van der Waals surface area contributed by atoms with Crippen molar-refractivity contribution in [3.63, 3.8) is 0 Å². The smallest absolute Gasteiger partial charge is 0.243 e. The Labute approximate surface area is 199 Å². The van der Waals surface area contributed by atoms with Gasteiger partial charge in [0.25, 0.3) is 0 Å². The van der Waals surface area contributed by atoms with Crippen LogP contribution >= 0.6 is 35.0 Å². The minimum atomic E-state index is -0.604. The monoisotopic (exact) mass is 480 g/mol. The lowest BCUT2D eigenvalue weighted by atomic mass is 10.1. The second-order valence-corrected chi connectivity index (χ2v) is 9.43. The Bertz CT molecular complexity index is 869. The molecule has 2 rings (SSSR count). The van der Waals surface area contributed by atoms with Gasteiger partial charge in [0.2, 0.25) is 11.8 Å². The molecule has 0 saturated heterocycles. The van der Waals surface area contributed by atoms with Crippen molar-refractivity contribution in [2.45, 2.75) is 64.1 Å². The zero-order valence-electron chi connectivity index (χ0n) is 18.5. The van der Waals surface area contributed by atoms with Crippen LogP contribution in [-0.4, -0.2) is 34.6 Å². The van der Waals surface area contributed by atoms with Crippen molar-refractivity contribution < 1.29 is 9.59 Å². The summed E-state index contributed by atoms with van der Waals surface area (Å²) >= 11 is 14.2. The third-order valence-electron chi connectivity index (χ3n) is 5.16. The Kier molecular flexibility index (Phi) is 10.2. The number of carbonyl (C=O) groups is 2. The highest BCUT2D eigenvalue weighted by atomic mass is 35.5. The molecule has 0 aliphatic carbocycles. The van der Waals surface area contributed by atoms with Gasteiger partial charge >= 0.3 is 0 Å². The van der Waals surface area contributed by atoms with Crippen molar-refractivity contribution in [3.05, 3.63) is 63.6 Å². The molecule has 0 aliphatic rings. The molecule has 2 amide bonds. The van der Waals surface area contributed by atoms with Gasteiger partial charge in [0.1, 0.15) is 6.04 Å². The van der Waals surface area contributed by atoms with E-state index in [0.717, 1.165) is 11.3 Å². The number of thioether (sulfide) groups is 1. The molecule has 0 aromatic heterocycles. The molecule has 0 heterocycles. The van der Waals surface area contributed by atoms with Gasteiger partial charge in [-0.15, -0.1) is 11.8 Å². The van der Waals surface area contributed by atoms with Gasteiger partial charge in [-0.05, 0) is 51.0 Å². The number of halogens is 2. The summed E-state index contributed by atoms with van der Waals surface area (Å²) in [5, 5.41) is 3.97. The molecule has 0 unspecified atom stereocenters. The van der Waals surface area contributed by atoms with Crippen LogP contribution < -0.4 is 5.32 Å². The van der Waals surface area contributed by atoms with Crippen LogP contribution in [0, 0.1) is 6.92 Å². The predicted octanol–water partition coefficient (Wildman–Crippen LogP) is 6.12. The Balaban J connectivity index is 2.27. The van der Waals surface area contributed by atoms with E-state index in [1.54, 1.807) is 23.1 Å². The first-order valence-electron chi connectivity index (χ1n) is 10.5. The Hall–Kier alpha value is -1.69. The number of hydrogen-bond donors (Lipinski definition) is 1. The van der Waals surface area contributed by atoms with Crippen molar-refractivity contribution in [2.75, 3.05) is 5.75 Å².